The van der Waals surface area contributed by atoms with Gasteiger partial charge in [-0.15, -0.1) is 0 Å². The third kappa shape index (κ3) is 4.98. The lowest BCUT2D eigenvalue weighted by molar-refractivity contribution is -0.000784. The van der Waals surface area contributed by atoms with E-state index in [1.807, 2.05) is 11.7 Å². The van der Waals surface area contributed by atoms with Gasteiger partial charge in [0.2, 0.25) is 0 Å². The number of rotatable bonds is 7. The Labute approximate surface area is 118 Å². The molecule has 1 rings (SSSR count). The molecule has 0 aromatic carbocycles. The van der Waals surface area contributed by atoms with Crippen molar-refractivity contribution in [1.82, 2.24) is 9.78 Å². The van der Waals surface area contributed by atoms with E-state index in [0.717, 1.165) is 30.7 Å². The van der Waals surface area contributed by atoms with E-state index in [9.17, 15) is 5.11 Å². The highest BCUT2D eigenvalue weighted by Gasteiger charge is 2.30. The second kappa shape index (κ2) is 6.56. The van der Waals surface area contributed by atoms with E-state index in [4.69, 9.17) is 0 Å². The molecule has 19 heavy (non-hydrogen) atoms. The van der Waals surface area contributed by atoms with Gasteiger partial charge in [0.15, 0.2) is 0 Å². The molecule has 0 saturated carbocycles. The normalized spacial score (nSPS) is 12.7. The van der Waals surface area contributed by atoms with Crippen molar-refractivity contribution in [3.63, 3.8) is 0 Å². The van der Waals surface area contributed by atoms with Crippen LogP contribution in [0.1, 0.15) is 58.8 Å². The molecule has 1 heterocycles. The van der Waals surface area contributed by atoms with Crippen LogP contribution < -0.4 is 0 Å². The molecular weight excluding hydrogens is 236 g/mol. The molecule has 1 N–H and O–H groups in total. The molecule has 0 aliphatic carbocycles. The maximum Gasteiger partial charge on any atom is 0.0707 e. The number of aryl methyl sites for hydroxylation is 2. The van der Waals surface area contributed by atoms with Crippen LogP contribution in [0.5, 0.6) is 0 Å². The maximum absolute atomic E-state index is 11.0. The van der Waals surface area contributed by atoms with Gasteiger partial charge in [0.05, 0.1) is 11.3 Å². The quantitative estimate of drug-likeness (QED) is 0.822. The largest absolute Gasteiger partial charge is 0.389 e. The molecule has 0 spiro atoms. The molecule has 0 fully saturated rings. The Bertz CT molecular complexity index is 383. The van der Waals surface area contributed by atoms with Crippen molar-refractivity contribution in [2.75, 3.05) is 0 Å². The summed E-state index contributed by atoms with van der Waals surface area (Å²) in [6.07, 6.45) is 3.34. The minimum absolute atomic E-state index is 0.502. The van der Waals surface area contributed by atoms with E-state index in [1.165, 1.54) is 0 Å². The minimum Gasteiger partial charge on any atom is -0.389 e. The predicted octanol–water partition coefficient (Wildman–Crippen LogP) is 3.35. The Morgan fingerprint density at radius 3 is 2.11 bits per heavy atom. The number of nitrogens with zero attached hydrogens (tertiary/aromatic N) is 2. The highest BCUT2D eigenvalue weighted by atomic mass is 16.3. The number of aliphatic hydroxyl groups is 1. The zero-order valence-corrected chi connectivity index (χ0v) is 13.4. The molecule has 0 saturated heterocycles. The summed E-state index contributed by atoms with van der Waals surface area (Å²) in [6, 6.07) is 2.13. The Kier molecular flexibility index (Phi) is 5.60. The molecule has 0 aliphatic rings. The molecule has 3 nitrogen and oxygen atoms in total. The van der Waals surface area contributed by atoms with Gasteiger partial charge in [0, 0.05) is 19.2 Å². The fourth-order valence-electron chi connectivity index (χ4n) is 2.99. The van der Waals surface area contributed by atoms with Crippen molar-refractivity contribution in [3.8, 4) is 0 Å². The van der Waals surface area contributed by atoms with Crippen LogP contribution in [-0.4, -0.2) is 20.5 Å². The van der Waals surface area contributed by atoms with Gasteiger partial charge in [-0.1, -0.05) is 34.6 Å². The van der Waals surface area contributed by atoms with Gasteiger partial charge in [0.1, 0.15) is 0 Å². The first kappa shape index (κ1) is 16.2. The summed E-state index contributed by atoms with van der Waals surface area (Å²) in [6.45, 7) is 10.8. The van der Waals surface area contributed by atoms with Gasteiger partial charge in [0.25, 0.3) is 0 Å². The summed E-state index contributed by atoms with van der Waals surface area (Å²) >= 11 is 0. The van der Waals surface area contributed by atoms with Crippen LogP contribution >= 0.6 is 0 Å². The van der Waals surface area contributed by atoms with Gasteiger partial charge < -0.3 is 5.11 Å². The highest BCUT2D eigenvalue weighted by molar-refractivity contribution is 5.13. The van der Waals surface area contributed by atoms with E-state index < -0.39 is 5.60 Å². The Balaban J connectivity index is 2.89. The molecular formula is C16H30N2O. The van der Waals surface area contributed by atoms with Crippen LogP contribution in [0.3, 0.4) is 0 Å². The first-order valence-electron chi connectivity index (χ1n) is 7.50. The van der Waals surface area contributed by atoms with Crippen LogP contribution in [0.25, 0.3) is 0 Å². The third-order valence-corrected chi connectivity index (χ3v) is 3.48. The lowest BCUT2D eigenvalue weighted by Crippen LogP contribution is -2.35. The first-order chi connectivity index (χ1) is 8.75. The molecule has 0 atom stereocenters. The van der Waals surface area contributed by atoms with Crippen LogP contribution in [0.4, 0.5) is 0 Å². The molecule has 3 heteroatoms. The standard InChI is InChI=1S/C16H30N2O/c1-7-14-8-15(18(6)17-14)11-16(19,9-12(2)3)10-13(4)5/h8,12-13,19H,7,9-11H2,1-6H3. The zero-order chi connectivity index (χ0) is 14.6. The summed E-state index contributed by atoms with van der Waals surface area (Å²) in [5.74, 6) is 1.00. The van der Waals surface area contributed by atoms with E-state index >= 15 is 0 Å². The third-order valence-electron chi connectivity index (χ3n) is 3.48. The fraction of sp³-hybridized carbons (Fsp3) is 0.812. The molecule has 0 amide bonds. The van der Waals surface area contributed by atoms with E-state index in [0.29, 0.717) is 18.3 Å². The van der Waals surface area contributed by atoms with Crippen molar-refractivity contribution in [2.24, 2.45) is 18.9 Å². The summed E-state index contributed by atoms with van der Waals surface area (Å²) in [4.78, 5) is 0. The fourth-order valence-corrected chi connectivity index (χ4v) is 2.99. The molecule has 1 aromatic heterocycles. The van der Waals surface area contributed by atoms with E-state index in [1.54, 1.807) is 0 Å². The first-order valence-corrected chi connectivity index (χ1v) is 7.50. The minimum atomic E-state index is -0.610. The molecule has 0 bridgehead atoms. The number of aromatic nitrogens is 2. The van der Waals surface area contributed by atoms with Gasteiger partial charge >= 0.3 is 0 Å². The molecule has 110 valence electrons. The van der Waals surface area contributed by atoms with E-state index in [-0.39, 0.29) is 0 Å². The average molecular weight is 266 g/mol. The van der Waals surface area contributed by atoms with Crippen molar-refractivity contribution in [2.45, 2.75) is 65.9 Å². The highest BCUT2D eigenvalue weighted by Crippen LogP contribution is 2.28. The van der Waals surface area contributed by atoms with Crippen molar-refractivity contribution < 1.29 is 5.11 Å². The smallest absolute Gasteiger partial charge is 0.0707 e. The predicted molar refractivity (Wildman–Crippen MR) is 80.1 cm³/mol. The Morgan fingerprint density at radius 2 is 1.74 bits per heavy atom. The summed E-state index contributed by atoms with van der Waals surface area (Å²) in [5.41, 5.74) is 1.64. The molecule has 1 aromatic rings. The maximum atomic E-state index is 11.0. The summed E-state index contributed by atoms with van der Waals surface area (Å²) in [7, 11) is 1.97. The van der Waals surface area contributed by atoms with Gasteiger partial charge in [-0.05, 0) is 37.2 Å². The topological polar surface area (TPSA) is 38.0 Å². The van der Waals surface area contributed by atoms with Gasteiger partial charge in [-0.2, -0.15) is 5.10 Å². The average Bonchev–Trinajstić information content (AvgIpc) is 2.56. The van der Waals surface area contributed by atoms with Crippen molar-refractivity contribution in [3.05, 3.63) is 17.5 Å². The van der Waals surface area contributed by atoms with Gasteiger partial charge in [-0.3, -0.25) is 4.68 Å². The van der Waals surface area contributed by atoms with Crippen molar-refractivity contribution in [1.29, 1.82) is 0 Å². The molecule has 0 radical (unpaired) electrons. The summed E-state index contributed by atoms with van der Waals surface area (Å²) in [5, 5.41) is 15.4. The Hall–Kier alpha value is -0.830. The SMILES string of the molecule is CCc1cc(CC(O)(CC(C)C)CC(C)C)n(C)n1. The van der Waals surface area contributed by atoms with Crippen LogP contribution in [-0.2, 0) is 19.9 Å². The summed E-state index contributed by atoms with van der Waals surface area (Å²) < 4.78 is 1.92. The van der Waals surface area contributed by atoms with Crippen LogP contribution in [0.2, 0.25) is 0 Å². The Morgan fingerprint density at radius 1 is 1.21 bits per heavy atom. The lowest BCUT2D eigenvalue weighted by atomic mass is 9.81. The molecule has 0 aliphatic heterocycles. The second-order valence-corrected chi connectivity index (χ2v) is 6.70. The zero-order valence-electron chi connectivity index (χ0n) is 13.4. The van der Waals surface area contributed by atoms with E-state index in [2.05, 4.69) is 45.8 Å². The molecule has 0 unspecified atom stereocenters. The van der Waals surface area contributed by atoms with Gasteiger partial charge in [-0.25, -0.2) is 0 Å². The second-order valence-electron chi connectivity index (χ2n) is 6.70. The number of hydrogen-bond donors (Lipinski definition) is 1. The van der Waals surface area contributed by atoms with Crippen LogP contribution in [0.15, 0.2) is 6.07 Å². The van der Waals surface area contributed by atoms with Crippen molar-refractivity contribution >= 4 is 0 Å². The number of hydrogen-bond acceptors (Lipinski definition) is 2. The monoisotopic (exact) mass is 266 g/mol. The lowest BCUT2D eigenvalue weighted by Gasteiger charge is -2.31. The van der Waals surface area contributed by atoms with Crippen LogP contribution in [0, 0.1) is 11.8 Å².